The molecule has 2 aromatic heterocycles. The molecule has 4 aromatic rings. The third-order valence-corrected chi connectivity index (χ3v) is 4.46. The molecule has 2 aromatic carbocycles. The number of ether oxygens (including phenoxy) is 1. The first-order valence-corrected chi connectivity index (χ1v) is 9.57. The maximum absolute atomic E-state index is 5.63. The zero-order valence-corrected chi connectivity index (χ0v) is 16.6. The summed E-state index contributed by atoms with van der Waals surface area (Å²) in [4.78, 5) is 5.89. The lowest BCUT2D eigenvalue weighted by Crippen LogP contribution is -2.04. The summed E-state index contributed by atoms with van der Waals surface area (Å²) in [7, 11) is 0. The van der Waals surface area contributed by atoms with Gasteiger partial charge in [-0.3, -0.25) is 0 Å². The number of tetrazole rings is 1. The van der Waals surface area contributed by atoms with Crippen molar-refractivity contribution < 1.29 is 9.26 Å². The van der Waals surface area contributed by atoms with E-state index in [1.54, 1.807) is 0 Å². The molecule has 0 spiro atoms. The predicted molar refractivity (Wildman–Crippen MR) is 107 cm³/mol. The Labute approximate surface area is 168 Å². The van der Waals surface area contributed by atoms with Crippen molar-refractivity contribution in [3.05, 3.63) is 60.0 Å². The monoisotopic (exact) mass is 390 g/mol. The van der Waals surface area contributed by atoms with Crippen LogP contribution in [0.5, 0.6) is 5.75 Å². The van der Waals surface area contributed by atoms with Crippen LogP contribution in [-0.2, 0) is 6.54 Å². The van der Waals surface area contributed by atoms with Crippen molar-refractivity contribution in [1.82, 2.24) is 30.3 Å². The second-order valence-corrected chi connectivity index (χ2v) is 6.86. The maximum Gasteiger partial charge on any atom is 0.250 e. The molecule has 29 heavy (non-hydrogen) atoms. The standard InChI is InChI=1S/C21H22N6O2/c1-4-28-18-8-6-5-7-17(18)21-22-19(29-25-21)13-27-24-20(23-26-27)16-11-9-15(10-12-16)14(2)3/h5-12,14H,4,13H2,1-3H3. The third-order valence-electron chi connectivity index (χ3n) is 4.46. The van der Waals surface area contributed by atoms with Crippen LogP contribution in [-0.4, -0.2) is 37.0 Å². The van der Waals surface area contributed by atoms with E-state index in [9.17, 15) is 0 Å². The summed E-state index contributed by atoms with van der Waals surface area (Å²) in [6, 6.07) is 15.8. The van der Waals surface area contributed by atoms with Gasteiger partial charge in [-0.05, 0) is 35.8 Å². The summed E-state index contributed by atoms with van der Waals surface area (Å²) < 4.78 is 11.0. The molecule has 8 nitrogen and oxygen atoms in total. The number of hydrogen-bond donors (Lipinski definition) is 0. The Morgan fingerprint density at radius 3 is 2.59 bits per heavy atom. The number of para-hydroxylation sites is 1. The normalized spacial score (nSPS) is 11.2. The summed E-state index contributed by atoms with van der Waals surface area (Å²) >= 11 is 0. The SMILES string of the molecule is CCOc1ccccc1-c1noc(Cn2nnc(-c3ccc(C(C)C)cc3)n2)n1. The summed E-state index contributed by atoms with van der Waals surface area (Å²) in [6.45, 7) is 7.05. The van der Waals surface area contributed by atoms with E-state index in [2.05, 4.69) is 51.5 Å². The van der Waals surface area contributed by atoms with Gasteiger partial charge < -0.3 is 9.26 Å². The molecule has 0 aliphatic carbocycles. The predicted octanol–water partition coefficient (Wildman–Crippen LogP) is 3.96. The fraction of sp³-hybridized carbons (Fsp3) is 0.286. The Morgan fingerprint density at radius 2 is 1.83 bits per heavy atom. The Bertz CT molecular complexity index is 1080. The molecule has 0 aliphatic rings. The van der Waals surface area contributed by atoms with Crippen LogP contribution in [0.25, 0.3) is 22.8 Å². The minimum atomic E-state index is 0.237. The van der Waals surface area contributed by atoms with Crippen LogP contribution in [0.2, 0.25) is 0 Å². The second-order valence-electron chi connectivity index (χ2n) is 6.86. The molecule has 0 saturated carbocycles. The van der Waals surface area contributed by atoms with E-state index in [4.69, 9.17) is 9.26 Å². The van der Waals surface area contributed by atoms with Crippen LogP contribution in [0.1, 0.15) is 38.1 Å². The van der Waals surface area contributed by atoms with Gasteiger partial charge in [-0.2, -0.15) is 9.78 Å². The van der Waals surface area contributed by atoms with Gasteiger partial charge in [0.05, 0.1) is 12.2 Å². The van der Waals surface area contributed by atoms with Crippen molar-refractivity contribution >= 4 is 0 Å². The van der Waals surface area contributed by atoms with E-state index < -0.39 is 0 Å². The minimum Gasteiger partial charge on any atom is -0.493 e. The van der Waals surface area contributed by atoms with Crippen LogP contribution in [0.4, 0.5) is 0 Å². The molecule has 0 saturated heterocycles. The fourth-order valence-electron chi connectivity index (χ4n) is 2.93. The number of nitrogens with zero attached hydrogens (tertiary/aromatic N) is 6. The van der Waals surface area contributed by atoms with E-state index in [1.807, 2.05) is 43.3 Å². The van der Waals surface area contributed by atoms with Gasteiger partial charge in [0, 0.05) is 5.56 Å². The van der Waals surface area contributed by atoms with Crippen molar-refractivity contribution in [2.75, 3.05) is 6.61 Å². The molecule has 0 radical (unpaired) electrons. The highest BCUT2D eigenvalue weighted by Crippen LogP contribution is 2.27. The van der Waals surface area contributed by atoms with Crippen LogP contribution < -0.4 is 4.74 Å². The Morgan fingerprint density at radius 1 is 1.03 bits per heavy atom. The average molecular weight is 390 g/mol. The molecule has 0 aliphatic heterocycles. The molecule has 0 fully saturated rings. The van der Waals surface area contributed by atoms with Crippen LogP contribution in [0, 0.1) is 0 Å². The first-order valence-electron chi connectivity index (χ1n) is 9.57. The van der Waals surface area contributed by atoms with Gasteiger partial charge in [0.25, 0.3) is 5.89 Å². The van der Waals surface area contributed by atoms with Gasteiger partial charge in [0.2, 0.25) is 11.6 Å². The van der Waals surface area contributed by atoms with Crippen LogP contribution in [0.3, 0.4) is 0 Å². The molecular weight excluding hydrogens is 368 g/mol. The zero-order chi connectivity index (χ0) is 20.2. The van der Waals surface area contributed by atoms with Crippen LogP contribution >= 0.6 is 0 Å². The van der Waals surface area contributed by atoms with Gasteiger partial charge in [-0.1, -0.05) is 55.4 Å². The Kier molecular flexibility index (Phi) is 5.33. The molecule has 0 bridgehead atoms. The van der Waals surface area contributed by atoms with Crippen LogP contribution in [0.15, 0.2) is 53.1 Å². The zero-order valence-electron chi connectivity index (χ0n) is 16.6. The molecule has 0 amide bonds. The van der Waals surface area contributed by atoms with Crippen molar-refractivity contribution in [2.24, 2.45) is 0 Å². The highest BCUT2D eigenvalue weighted by Gasteiger charge is 2.15. The number of rotatable bonds is 7. The largest absolute Gasteiger partial charge is 0.493 e. The van der Waals surface area contributed by atoms with Gasteiger partial charge in [-0.25, -0.2) is 0 Å². The smallest absolute Gasteiger partial charge is 0.250 e. The van der Waals surface area contributed by atoms with Crippen molar-refractivity contribution in [2.45, 2.75) is 33.2 Å². The van der Waals surface area contributed by atoms with E-state index in [1.165, 1.54) is 10.4 Å². The fourth-order valence-corrected chi connectivity index (χ4v) is 2.93. The van der Waals surface area contributed by atoms with E-state index in [0.717, 1.165) is 11.1 Å². The molecule has 8 heteroatoms. The Hall–Kier alpha value is -3.55. The first-order chi connectivity index (χ1) is 14.1. The molecular formula is C21H22N6O2. The summed E-state index contributed by atoms with van der Waals surface area (Å²) in [5.41, 5.74) is 2.96. The molecule has 0 atom stereocenters. The van der Waals surface area contributed by atoms with Crippen molar-refractivity contribution in [1.29, 1.82) is 0 Å². The lowest BCUT2D eigenvalue weighted by molar-refractivity contribution is 0.340. The van der Waals surface area contributed by atoms with Crippen molar-refractivity contribution in [3.8, 4) is 28.5 Å². The molecule has 2 heterocycles. The molecule has 148 valence electrons. The van der Waals surface area contributed by atoms with Gasteiger partial charge in [-0.15, -0.1) is 10.2 Å². The highest BCUT2D eigenvalue weighted by atomic mass is 16.5. The quantitative estimate of drug-likeness (QED) is 0.471. The van der Waals surface area contributed by atoms with E-state index >= 15 is 0 Å². The summed E-state index contributed by atoms with van der Waals surface area (Å²) in [5.74, 6) is 2.61. The lowest BCUT2D eigenvalue weighted by atomic mass is 10.0. The molecule has 0 unspecified atom stereocenters. The lowest BCUT2D eigenvalue weighted by Gasteiger charge is -2.05. The van der Waals surface area contributed by atoms with E-state index in [0.29, 0.717) is 35.8 Å². The second kappa shape index (κ2) is 8.22. The molecule has 0 N–H and O–H groups in total. The topological polar surface area (TPSA) is 91.8 Å². The van der Waals surface area contributed by atoms with Crippen molar-refractivity contribution in [3.63, 3.8) is 0 Å². The highest BCUT2D eigenvalue weighted by molar-refractivity contribution is 5.63. The van der Waals surface area contributed by atoms with Gasteiger partial charge >= 0.3 is 0 Å². The third kappa shape index (κ3) is 4.16. The number of hydrogen-bond acceptors (Lipinski definition) is 7. The van der Waals surface area contributed by atoms with E-state index in [-0.39, 0.29) is 6.54 Å². The average Bonchev–Trinajstić information content (AvgIpc) is 3.39. The molecule has 4 rings (SSSR count). The Balaban J connectivity index is 1.50. The number of aromatic nitrogens is 6. The summed E-state index contributed by atoms with van der Waals surface area (Å²) in [5, 5.41) is 16.7. The summed E-state index contributed by atoms with van der Waals surface area (Å²) in [6.07, 6.45) is 0. The number of benzene rings is 2. The van der Waals surface area contributed by atoms with Gasteiger partial charge in [0.15, 0.2) is 0 Å². The maximum atomic E-state index is 5.63. The van der Waals surface area contributed by atoms with Gasteiger partial charge in [0.1, 0.15) is 12.3 Å². The minimum absolute atomic E-state index is 0.237. The first kappa shape index (κ1) is 18.8.